The first-order chi connectivity index (χ1) is 6.88. The number of ketones is 1. The second-order valence-corrected chi connectivity index (χ2v) is 3.58. The van der Waals surface area contributed by atoms with Crippen molar-refractivity contribution in [3.05, 3.63) is 47.4 Å². The molecule has 0 saturated heterocycles. The Labute approximate surface area is 86.9 Å². The Morgan fingerprint density at radius 3 is 2.79 bits per heavy atom. The number of hydrogen-bond donors (Lipinski definition) is 0. The Morgan fingerprint density at radius 2 is 2.00 bits per heavy atom. The van der Waals surface area contributed by atoms with Gasteiger partial charge in [0.1, 0.15) is 5.71 Å². The van der Waals surface area contributed by atoms with Crippen LogP contribution in [-0.4, -0.2) is 11.5 Å². The van der Waals surface area contributed by atoms with E-state index in [0.717, 1.165) is 5.56 Å². The number of Topliss-reactive ketones (excluding diaryl/α,β-unsaturated/α-hetero) is 1. The van der Waals surface area contributed by atoms with E-state index in [1.54, 1.807) is 0 Å². The summed E-state index contributed by atoms with van der Waals surface area (Å²) < 4.78 is 4.17. The molecular weight excluding hydrogens is 194 g/mol. The van der Waals surface area contributed by atoms with E-state index in [4.69, 9.17) is 0 Å². The summed E-state index contributed by atoms with van der Waals surface area (Å²) in [5, 5.41) is 1.84. The van der Waals surface area contributed by atoms with Crippen molar-refractivity contribution >= 4 is 23.4 Å². The van der Waals surface area contributed by atoms with Gasteiger partial charge in [-0.2, -0.15) is 0 Å². The molecule has 0 fully saturated rings. The first-order valence-corrected chi connectivity index (χ1v) is 5.19. The molecule has 2 nitrogen and oxygen atoms in total. The SMILES string of the molecule is O=C1CC=CSN=C1c1ccccc1. The van der Waals surface area contributed by atoms with Gasteiger partial charge in [0.05, 0.1) is 0 Å². The predicted octanol–water partition coefficient (Wildman–Crippen LogP) is 2.61. The van der Waals surface area contributed by atoms with Gasteiger partial charge in [0.15, 0.2) is 5.78 Å². The Kier molecular flexibility index (Phi) is 2.79. The molecule has 3 heteroatoms. The molecule has 1 aromatic carbocycles. The van der Waals surface area contributed by atoms with Gasteiger partial charge < -0.3 is 0 Å². The third-order valence-corrected chi connectivity index (χ3v) is 2.52. The number of allylic oxidation sites excluding steroid dienone is 1. The van der Waals surface area contributed by atoms with Crippen LogP contribution in [-0.2, 0) is 4.79 Å². The van der Waals surface area contributed by atoms with E-state index in [-0.39, 0.29) is 5.78 Å². The van der Waals surface area contributed by atoms with Gasteiger partial charge in [-0.25, -0.2) is 4.40 Å². The van der Waals surface area contributed by atoms with Crippen LogP contribution in [0.4, 0.5) is 0 Å². The summed E-state index contributed by atoms with van der Waals surface area (Å²) in [5.74, 6) is 0.0810. The zero-order chi connectivity index (χ0) is 9.80. The highest BCUT2D eigenvalue weighted by molar-refractivity contribution is 8.01. The molecule has 0 radical (unpaired) electrons. The van der Waals surface area contributed by atoms with E-state index in [1.807, 2.05) is 41.8 Å². The van der Waals surface area contributed by atoms with Crippen LogP contribution in [0.3, 0.4) is 0 Å². The molecule has 70 valence electrons. The molecule has 0 amide bonds. The van der Waals surface area contributed by atoms with Gasteiger partial charge in [-0.05, 0) is 5.41 Å². The zero-order valence-corrected chi connectivity index (χ0v) is 8.33. The van der Waals surface area contributed by atoms with Crippen molar-refractivity contribution in [3.8, 4) is 0 Å². The van der Waals surface area contributed by atoms with Gasteiger partial charge in [0, 0.05) is 23.9 Å². The number of carbonyl (C=O) groups excluding carboxylic acids is 1. The van der Waals surface area contributed by atoms with Crippen molar-refractivity contribution in [2.45, 2.75) is 6.42 Å². The summed E-state index contributed by atoms with van der Waals surface area (Å²) >= 11 is 1.31. The lowest BCUT2D eigenvalue weighted by Crippen LogP contribution is -2.13. The second-order valence-electron chi connectivity index (χ2n) is 2.91. The molecule has 1 heterocycles. The van der Waals surface area contributed by atoms with Gasteiger partial charge in [-0.3, -0.25) is 4.79 Å². The third-order valence-electron chi connectivity index (χ3n) is 1.92. The van der Waals surface area contributed by atoms with Crippen molar-refractivity contribution in [2.24, 2.45) is 4.40 Å². The zero-order valence-electron chi connectivity index (χ0n) is 7.51. The topological polar surface area (TPSA) is 29.4 Å². The van der Waals surface area contributed by atoms with Gasteiger partial charge in [0.2, 0.25) is 0 Å². The standard InChI is InChI=1S/C11H9NOS/c13-10-7-4-8-14-12-11(10)9-5-2-1-3-6-9/h1-6,8H,7H2. The van der Waals surface area contributed by atoms with Gasteiger partial charge in [-0.1, -0.05) is 36.4 Å². The molecule has 0 N–H and O–H groups in total. The van der Waals surface area contributed by atoms with Gasteiger partial charge >= 0.3 is 0 Å². The van der Waals surface area contributed by atoms with Crippen molar-refractivity contribution in [2.75, 3.05) is 0 Å². The van der Waals surface area contributed by atoms with E-state index in [1.165, 1.54) is 11.9 Å². The Balaban J connectivity index is 2.35. The fourth-order valence-electron chi connectivity index (χ4n) is 1.24. The fourth-order valence-corrected chi connectivity index (χ4v) is 1.79. The fraction of sp³-hybridized carbons (Fsp3) is 0.0909. The predicted molar refractivity (Wildman–Crippen MR) is 59.3 cm³/mol. The number of hydrogen-bond acceptors (Lipinski definition) is 3. The monoisotopic (exact) mass is 203 g/mol. The minimum absolute atomic E-state index is 0.0810. The first-order valence-electron chi connectivity index (χ1n) is 4.35. The average Bonchev–Trinajstić information content (AvgIpc) is 2.44. The molecule has 1 aromatic rings. The first kappa shape index (κ1) is 9.21. The van der Waals surface area contributed by atoms with Crippen LogP contribution < -0.4 is 0 Å². The van der Waals surface area contributed by atoms with Crippen LogP contribution in [0.2, 0.25) is 0 Å². The number of carbonyl (C=O) groups is 1. The number of nitrogens with zero attached hydrogens (tertiary/aromatic N) is 1. The maximum Gasteiger partial charge on any atom is 0.186 e. The van der Waals surface area contributed by atoms with Gasteiger partial charge in [-0.15, -0.1) is 0 Å². The maximum absolute atomic E-state index is 11.6. The lowest BCUT2D eigenvalue weighted by atomic mass is 10.1. The van der Waals surface area contributed by atoms with Gasteiger partial charge in [0.25, 0.3) is 0 Å². The van der Waals surface area contributed by atoms with E-state index < -0.39 is 0 Å². The quantitative estimate of drug-likeness (QED) is 0.656. The van der Waals surface area contributed by atoms with E-state index in [0.29, 0.717) is 12.1 Å². The normalized spacial score (nSPS) is 16.3. The molecule has 0 unspecified atom stereocenters. The summed E-state index contributed by atoms with van der Waals surface area (Å²) in [6.07, 6.45) is 2.28. The molecule has 1 aliphatic heterocycles. The average molecular weight is 203 g/mol. The second kappa shape index (κ2) is 4.24. The van der Waals surface area contributed by atoms with Crippen LogP contribution in [0.25, 0.3) is 0 Å². The molecule has 2 rings (SSSR count). The molecular formula is C11H9NOS. The maximum atomic E-state index is 11.6. The van der Waals surface area contributed by atoms with Crippen LogP contribution in [0.5, 0.6) is 0 Å². The molecule has 0 spiro atoms. The minimum atomic E-state index is 0.0810. The largest absolute Gasteiger partial charge is 0.292 e. The number of benzene rings is 1. The summed E-state index contributed by atoms with van der Waals surface area (Å²) in [6.45, 7) is 0. The van der Waals surface area contributed by atoms with Crippen LogP contribution >= 0.6 is 11.9 Å². The molecule has 1 aliphatic rings. The summed E-state index contributed by atoms with van der Waals surface area (Å²) in [4.78, 5) is 11.6. The highest BCUT2D eigenvalue weighted by atomic mass is 32.2. The Morgan fingerprint density at radius 1 is 1.21 bits per heavy atom. The van der Waals surface area contributed by atoms with E-state index in [9.17, 15) is 4.79 Å². The third kappa shape index (κ3) is 1.93. The Hall–Kier alpha value is -1.35. The lowest BCUT2D eigenvalue weighted by molar-refractivity contribution is -0.112. The lowest BCUT2D eigenvalue weighted by Gasteiger charge is -2.00. The molecule has 14 heavy (non-hydrogen) atoms. The van der Waals surface area contributed by atoms with Crippen LogP contribution in [0.15, 0.2) is 46.2 Å². The minimum Gasteiger partial charge on any atom is -0.292 e. The molecule has 0 bridgehead atoms. The molecule has 0 saturated carbocycles. The summed E-state index contributed by atoms with van der Waals surface area (Å²) in [7, 11) is 0. The smallest absolute Gasteiger partial charge is 0.186 e. The summed E-state index contributed by atoms with van der Waals surface area (Å²) in [5.41, 5.74) is 1.47. The van der Waals surface area contributed by atoms with Crippen molar-refractivity contribution < 1.29 is 4.79 Å². The molecule has 0 aliphatic carbocycles. The van der Waals surface area contributed by atoms with Crippen LogP contribution in [0.1, 0.15) is 12.0 Å². The number of rotatable bonds is 1. The van der Waals surface area contributed by atoms with Crippen molar-refractivity contribution in [3.63, 3.8) is 0 Å². The molecule has 0 aromatic heterocycles. The highest BCUT2D eigenvalue weighted by Crippen LogP contribution is 2.15. The van der Waals surface area contributed by atoms with Crippen molar-refractivity contribution in [1.29, 1.82) is 0 Å². The van der Waals surface area contributed by atoms with Crippen LogP contribution in [0, 0.1) is 0 Å². The van der Waals surface area contributed by atoms with E-state index in [2.05, 4.69) is 4.40 Å². The van der Waals surface area contributed by atoms with Crippen molar-refractivity contribution in [1.82, 2.24) is 0 Å². The van der Waals surface area contributed by atoms with E-state index >= 15 is 0 Å². The summed E-state index contributed by atoms with van der Waals surface area (Å²) in [6, 6.07) is 9.56. The Bertz CT molecular complexity index is 395. The molecule has 0 atom stereocenters. The highest BCUT2D eigenvalue weighted by Gasteiger charge is 2.13.